The van der Waals surface area contributed by atoms with Crippen LogP contribution in [0.5, 0.6) is 5.75 Å². The Morgan fingerprint density at radius 3 is 1.94 bits per heavy atom. The molecule has 0 saturated carbocycles. The number of carbonyl (C=O) groups excluding carboxylic acids is 1. The van der Waals surface area contributed by atoms with Crippen molar-refractivity contribution in [2.75, 3.05) is 7.11 Å². The third-order valence-corrected chi connectivity index (χ3v) is 3.46. The fraction of sp³-hybridized carbons (Fsp3) is 0.312. The van der Waals surface area contributed by atoms with E-state index in [1.165, 1.54) is 0 Å². The number of carbonyl (C=O) groups is 1. The van der Waals surface area contributed by atoms with Gasteiger partial charge in [0.2, 0.25) is 0 Å². The first-order chi connectivity index (χ1) is 8.46. The molecule has 1 aromatic carbocycles. The van der Waals surface area contributed by atoms with E-state index in [0.717, 1.165) is 22.5 Å². The summed E-state index contributed by atoms with van der Waals surface area (Å²) in [7, 11) is 1.66. The number of benzene rings is 1. The van der Waals surface area contributed by atoms with Gasteiger partial charge in [-0.1, -0.05) is 24.3 Å². The topological polar surface area (TPSA) is 26.3 Å². The van der Waals surface area contributed by atoms with E-state index in [0.29, 0.717) is 0 Å². The van der Waals surface area contributed by atoms with Crippen LogP contribution >= 0.6 is 0 Å². The van der Waals surface area contributed by atoms with Crippen LogP contribution in [0.2, 0.25) is 0 Å². The predicted octanol–water partition coefficient (Wildman–Crippen LogP) is 3.43. The molecular formula is C16H18O2. The molecule has 0 spiro atoms. The molecule has 1 aliphatic rings. The quantitative estimate of drug-likeness (QED) is 0.794. The molecule has 1 aromatic rings. The van der Waals surface area contributed by atoms with E-state index in [2.05, 4.69) is 6.92 Å². The Balaban J connectivity index is 2.45. The Morgan fingerprint density at radius 1 is 1.00 bits per heavy atom. The molecule has 1 aliphatic carbocycles. The molecule has 0 radical (unpaired) electrons. The van der Waals surface area contributed by atoms with Crippen molar-refractivity contribution in [3.05, 3.63) is 53.1 Å². The molecule has 0 bridgehead atoms. The molecule has 0 heterocycles. The molecule has 2 nitrogen and oxygen atoms in total. The maximum Gasteiger partial charge on any atom is 0.183 e. The zero-order valence-corrected chi connectivity index (χ0v) is 11.3. The molecule has 2 rings (SSSR count). The van der Waals surface area contributed by atoms with Crippen molar-refractivity contribution in [3.8, 4) is 5.75 Å². The minimum atomic E-state index is -0.214. The van der Waals surface area contributed by atoms with Gasteiger partial charge >= 0.3 is 0 Å². The SMILES string of the molecule is COc1ccc(C2(C)C=C(C)C(=O)C(C)=C2)cc1. The van der Waals surface area contributed by atoms with Gasteiger partial charge in [-0.3, -0.25) is 4.79 Å². The first kappa shape index (κ1) is 12.6. The molecule has 94 valence electrons. The molecule has 0 atom stereocenters. The van der Waals surface area contributed by atoms with Crippen LogP contribution in [0.3, 0.4) is 0 Å². The highest BCUT2D eigenvalue weighted by Gasteiger charge is 2.28. The Kier molecular flexibility index (Phi) is 3.12. The van der Waals surface area contributed by atoms with Gasteiger partial charge in [-0.25, -0.2) is 0 Å². The third-order valence-electron chi connectivity index (χ3n) is 3.46. The van der Waals surface area contributed by atoms with E-state index in [1.807, 2.05) is 50.3 Å². The minimum absolute atomic E-state index is 0.140. The minimum Gasteiger partial charge on any atom is -0.497 e. The van der Waals surface area contributed by atoms with Gasteiger partial charge in [-0.15, -0.1) is 0 Å². The van der Waals surface area contributed by atoms with E-state index in [-0.39, 0.29) is 11.2 Å². The molecule has 0 N–H and O–H groups in total. The van der Waals surface area contributed by atoms with Gasteiger partial charge in [0.05, 0.1) is 7.11 Å². The highest BCUT2D eigenvalue weighted by Crippen LogP contribution is 2.34. The van der Waals surface area contributed by atoms with Crippen molar-refractivity contribution in [1.82, 2.24) is 0 Å². The van der Waals surface area contributed by atoms with Crippen LogP contribution in [0.4, 0.5) is 0 Å². The molecular weight excluding hydrogens is 224 g/mol. The number of methoxy groups -OCH3 is 1. The number of ketones is 1. The summed E-state index contributed by atoms with van der Waals surface area (Å²) < 4.78 is 5.16. The maximum absolute atomic E-state index is 11.8. The van der Waals surface area contributed by atoms with Gasteiger partial charge in [-0.05, 0) is 49.6 Å². The van der Waals surface area contributed by atoms with Crippen LogP contribution in [0.15, 0.2) is 47.6 Å². The summed E-state index contributed by atoms with van der Waals surface area (Å²) in [5, 5.41) is 0. The fourth-order valence-electron chi connectivity index (χ4n) is 2.50. The average molecular weight is 242 g/mol. The average Bonchev–Trinajstić information content (AvgIpc) is 2.36. The van der Waals surface area contributed by atoms with Gasteiger partial charge in [0.1, 0.15) is 5.75 Å². The van der Waals surface area contributed by atoms with E-state index in [1.54, 1.807) is 7.11 Å². The highest BCUT2D eigenvalue weighted by atomic mass is 16.5. The zero-order chi connectivity index (χ0) is 13.3. The highest BCUT2D eigenvalue weighted by molar-refractivity contribution is 6.08. The number of hydrogen-bond acceptors (Lipinski definition) is 2. The number of allylic oxidation sites excluding steroid dienone is 4. The standard InChI is InChI=1S/C16H18O2/c1-11-9-16(3,10-12(2)15(11)17)13-5-7-14(18-4)8-6-13/h5-10H,1-4H3. The molecule has 0 unspecified atom stereocenters. The van der Waals surface area contributed by atoms with E-state index < -0.39 is 0 Å². The lowest BCUT2D eigenvalue weighted by molar-refractivity contribution is -0.112. The number of hydrogen-bond donors (Lipinski definition) is 0. The van der Waals surface area contributed by atoms with E-state index in [9.17, 15) is 4.79 Å². The van der Waals surface area contributed by atoms with Crippen molar-refractivity contribution in [2.45, 2.75) is 26.2 Å². The summed E-state index contributed by atoms with van der Waals surface area (Å²) in [6.45, 7) is 5.87. The second-order valence-corrected chi connectivity index (χ2v) is 5.00. The smallest absolute Gasteiger partial charge is 0.183 e. The molecule has 18 heavy (non-hydrogen) atoms. The summed E-state index contributed by atoms with van der Waals surface area (Å²) in [6.07, 6.45) is 4.06. The first-order valence-corrected chi connectivity index (χ1v) is 6.04. The van der Waals surface area contributed by atoms with Crippen LogP contribution in [0.1, 0.15) is 26.3 Å². The first-order valence-electron chi connectivity index (χ1n) is 6.04. The molecule has 0 fully saturated rings. The summed E-state index contributed by atoms with van der Waals surface area (Å²) in [5.74, 6) is 0.983. The van der Waals surface area contributed by atoms with Crippen molar-refractivity contribution in [1.29, 1.82) is 0 Å². The van der Waals surface area contributed by atoms with Crippen LogP contribution in [-0.4, -0.2) is 12.9 Å². The van der Waals surface area contributed by atoms with Crippen LogP contribution < -0.4 is 4.74 Å². The largest absolute Gasteiger partial charge is 0.497 e. The maximum atomic E-state index is 11.8. The van der Waals surface area contributed by atoms with Crippen molar-refractivity contribution in [2.24, 2.45) is 0 Å². The van der Waals surface area contributed by atoms with Crippen molar-refractivity contribution >= 4 is 5.78 Å². The van der Waals surface area contributed by atoms with Crippen LogP contribution in [0, 0.1) is 0 Å². The van der Waals surface area contributed by atoms with Gasteiger partial charge < -0.3 is 4.74 Å². The number of rotatable bonds is 2. The summed E-state index contributed by atoms with van der Waals surface area (Å²) in [6, 6.07) is 7.98. The van der Waals surface area contributed by atoms with Gasteiger partial charge in [0.25, 0.3) is 0 Å². The lowest BCUT2D eigenvalue weighted by Crippen LogP contribution is -2.23. The van der Waals surface area contributed by atoms with Crippen molar-refractivity contribution < 1.29 is 9.53 Å². The van der Waals surface area contributed by atoms with Crippen LogP contribution in [-0.2, 0) is 10.2 Å². The van der Waals surface area contributed by atoms with Crippen molar-refractivity contribution in [3.63, 3.8) is 0 Å². The number of Topliss-reactive ketones (excluding diaryl/α,β-unsaturated/α-hetero) is 1. The monoisotopic (exact) mass is 242 g/mol. The van der Waals surface area contributed by atoms with Crippen LogP contribution in [0.25, 0.3) is 0 Å². The predicted molar refractivity (Wildman–Crippen MR) is 72.9 cm³/mol. The Hall–Kier alpha value is -1.83. The Morgan fingerprint density at radius 2 is 1.50 bits per heavy atom. The second-order valence-electron chi connectivity index (χ2n) is 5.00. The lowest BCUT2D eigenvalue weighted by atomic mass is 9.75. The third kappa shape index (κ3) is 2.10. The number of ether oxygens (including phenoxy) is 1. The Labute approximate surface area is 108 Å². The second kappa shape index (κ2) is 4.45. The summed E-state index contributed by atoms with van der Waals surface area (Å²) in [4.78, 5) is 11.8. The van der Waals surface area contributed by atoms with E-state index >= 15 is 0 Å². The zero-order valence-electron chi connectivity index (χ0n) is 11.3. The normalized spacial score (nSPS) is 18.1. The molecule has 2 heteroatoms. The lowest BCUT2D eigenvalue weighted by Gasteiger charge is -2.28. The molecule has 0 amide bonds. The van der Waals surface area contributed by atoms with E-state index in [4.69, 9.17) is 4.74 Å². The summed E-state index contributed by atoms with van der Waals surface area (Å²) >= 11 is 0. The Bertz CT molecular complexity index is 511. The fourth-order valence-corrected chi connectivity index (χ4v) is 2.50. The molecule has 0 aliphatic heterocycles. The molecule has 0 saturated heterocycles. The van der Waals surface area contributed by atoms with Gasteiger partial charge in [-0.2, -0.15) is 0 Å². The van der Waals surface area contributed by atoms with Gasteiger partial charge in [0.15, 0.2) is 5.78 Å². The van der Waals surface area contributed by atoms with Gasteiger partial charge in [0, 0.05) is 5.41 Å². The molecule has 0 aromatic heterocycles. The summed E-state index contributed by atoms with van der Waals surface area (Å²) in [5.41, 5.74) is 2.57.